The molecule has 0 aliphatic rings. The fourth-order valence-corrected chi connectivity index (χ4v) is 2.09. The molecule has 0 aromatic heterocycles. The number of aliphatic hydroxyl groups is 2. The number of hydrogen-bond donors (Lipinski definition) is 2. The molecular formula is C13H28O2. The molecule has 0 aromatic carbocycles. The zero-order chi connectivity index (χ0) is 12.5. The molecule has 1 atom stereocenters. The second-order valence-electron chi connectivity index (χ2n) is 7.26. The van der Waals surface area contributed by atoms with Crippen LogP contribution in [-0.2, 0) is 0 Å². The lowest BCUT2D eigenvalue weighted by Gasteiger charge is -2.38. The normalized spacial score (nSPS) is 16.6. The highest BCUT2D eigenvalue weighted by atomic mass is 16.3. The third kappa shape index (κ3) is 6.91. The van der Waals surface area contributed by atoms with E-state index in [1.54, 1.807) is 13.8 Å². The monoisotopic (exact) mass is 216 g/mol. The van der Waals surface area contributed by atoms with E-state index >= 15 is 0 Å². The first-order valence-corrected chi connectivity index (χ1v) is 5.74. The second kappa shape index (κ2) is 4.42. The van der Waals surface area contributed by atoms with Gasteiger partial charge in [-0.2, -0.15) is 0 Å². The van der Waals surface area contributed by atoms with Crippen molar-refractivity contribution in [2.24, 2.45) is 10.8 Å². The van der Waals surface area contributed by atoms with Crippen LogP contribution in [0.15, 0.2) is 0 Å². The molecule has 0 spiro atoms. The van der Waals surface area contributed by atoms with E-state index in [0.717, 1.165) is 6.42 Å². The summed E-state index contributed by atoms with van der Waals surface area (Å²) in [4.78, 5) is 0. The third-order valence-corrected chi connectivity index (χ3v) is 2.60. The number of aliphatic hydroxyl groups excluding tert-OH is 1. The molecule has 0 aliphatic carbocycles. The molecule has 2 N–H and O–H groups in total. The first-order valence-electron chi connectivity index (χ1n) is 5.74. The van der Waals surface area contributed by atoms with Crippen molar-refractivity contribution in [3.8, 4) is 0 Å². The van der Waals surface area contributed by atoms with Gasteiger partial charge in [-0.15, -0.1) is 0 Å². The van der Waals surface area contributed by atoms with Gasteiger partial charge in [0.2, 0.25) is 0 Å². The quantitative estimate of drug-likeness (QED) is 0.758. The molecule has 0 amide bonds. The lowest BCUT2D eigenvalue weighted by molar-refractivity contribution is -0.0415. The molecule has 1 unspecified atom stereocenters. The average molecular weight is 216 g/mol. The molecular weight excluding hydrogens is 188 g/mol. The SMILES string of the molecule is CC(C)(C)CC(O)C(C)(C)CC(C)(C)O. The Morgan fingerprint density at radius 2 is 1.33 bits per heavy atom. The molecule has 0 rings (SSSR count). The Morgan fingerprint density at radius 3 is 1.60 bits per heavy atom. The Bertz CT molecular complexity index is 194. The van der Waals surface area contributed by atoms with Crippen molar-refractivity contribution < 1.29 is 10.2 Å². The van der Waals surface area contributed by atoms with Gasteiger partial charge in [-0.3, -0.25) is 0 Å². The first kappa shape index (κ1) is 14.9. The van der Waals surface area contributed by atoms with Crippen LogP contribution in [0.5, 0.6) is 0 Å². The highest BCUT2D eigenvalue weighted by Gasteiger charge is 2.35. The molecule has 2 nitrogen and oxygen atoms in total. The summed E-state index contributed by atoms with van der Waals surface area (Å²) in [6.07, 6.45) is 0.997. The maximum Gasteiger partial charge on any atom is 0.0597 e. The van der Waals surface area contributed by atoms with Gasteiger partial charge in [-0.05, 0) is 37.5 Å². The largest absolute Gasteiger partial charge is 0.393 e. The van der Waals surface area contributed by atoms with Crippen LogP contribution in [0.3, 0.4) is 0 Å². The molecule has 0 saturated heterocycles. The number of hydrogen-bond acceptors (Lipinski definition) is 2. The first-order chi connectivity index (χ1) is 6.33. The van der Waals surface area contributed by atoms with Crippen LogP contribution >= 0.6 is 0 Å². The van der Waals surface area contributed by atoms with E-state index in [4.69, 9.17) is 0 Å². The van der Waals surface area contributed by atoms with Gasteiger partial charge in [-0.25, -0.2) is 0 Å². The van der Waals surface area contributed by atoms with Crippen LogP contribution in [0.4, 0.5) is 0 Å². The van der Waals surface area contributed by atoms with Crippen molar-refractivity contribution in [2.75, 3.05) is 0 Å². The lowest BCUT2D eigenvalue weighted by Crippen LogP contribution is -2.38. The fourth-order valence-electron chi connectivity index (χ4n) is 2.09. The molecule has 0 heterocycles. The van der Waals surface area contributed by atoms with Crippen molar-refractivity contribution in [3.05, 3.63) is 0 Å². The van der Waals surface area contributed by atoms with Gasteiger partial charge in [0, 0.05) is 0 Å². The predicted molar refractivity (Wildman–Crippen MR) is 64.8 cm³/mol. The van der Waals surface area contributed by atoms with Gasteiger partial charge in [0.05, 0.1) is 11.7 Å². The Balaban J connectivity index is 4.46. The summed E-state index contributed by atoms with van der Waals surface area (Å²) in [5, 5.41) is 20.0. The molecule has 0 aliphatic heterocycles. The Morgan fingerprint density at radius 1 is 0.933 bits per heavy atom. The van der Waals surface area contributed by atoms with Gasteiger partial charge in [0.1, 0.15) is 0 Å². The summed E-state index contributed by atoms with van der Waals surface area (Å²) >= 11 is 0. The van der Waals surface area contributed by atoms with Crippen molar-refractivity contribution in [3.63, 3.8) is 0 Å². The van der Waals surface area contributed by atoms with Crippen molar-refractivity contribution in [2.45, 2.75) is 73.0 Å². The van der Waals surface area contributed by atoms with Gasteiger partial charge in [0.25, 0.3) is 0 Å². The molecule has 15 heavy (non-hydrogen) atoms. The van der Waals surface area contributed by atoms with E-state index in [2.05, 4.69) is 20.8 Å². The average Bonchev–Trinajstić information content (AvgIpc) is 1.75. The maximum absolute atomic E-state index is 10.2. The van der Waals surface area contributed by atoms with Crippen molar-refractivity contribution in [1.82, 2.24) is 0 Å². The van der Waals surface area contributed by atoms with E-state index < -0.39 is 5.60 Å². The van der Waals surface area contributed by atoms with Crippen LogP contribution in [-0.4, -0.2) is 21.9 Å². The van der Waals surface area contributed by atoms with Crippen LogP contribution in [0, 0.1) is 10.8 Å². The number of rotatable bonds is 4. The molecule has 2 heteroatoms. The van der Waals surface area contributed by atoms with Crippen molar-refractivity contribution in [1.29, 1.82) is 0 Å². The Labute approximate surface area is 94.7 Å². The predicted octanol–water partition coefficient (Wildman–Crippen LogP) is 2.97. The van der Waals surface area contributed by atoms with E-state index in [9.17, 15) is 10.2 Å². The highest BCUT2D eigenvalue weighted by molar-refractivity contribution is 4.86. The second-order valence-corrected chi connectivity index (χ2v) is 7.26. The van der Waals surface area contributed by atoms with Crippen LogP contribution in [0.1, 0.15) is 61.3 Å². The molecule has 0 saturated carbocycles. The Kier molecular flexibility index (Phi) is 4.40. The van der Waals surface area contributed by atoms with Gasteiger partial charge < -0.3 is 10.2 Å². The highest BCUT2D eigenvalue weighted by Crippen LogP contribution is 2.36. The molecule has 92 valence electrons. The topological polar surface area (TPSA) is 40.5 Å². The summed E-state index contributed by atoms with van der Waals surface area (Å²) in [6.45, 7) is 14.0. The van der Waals surface area contributed by atoms with E-state index in [1.807, 2.05) is 13.8 Å². The zero-order valence-electron chi connectivity index (χ0n) is 11.4. The van der Waals surface area contributed by atoms with Crippen LogP contribution < -0.4 is 0 Å². The van der Waals surface area contributed by atoms with Crippen molar-refractivity contribution >= 4 is 0 Å². The van der Waals surface area contributed by atoms with Crippen LogP contribution in [0.2, 0.25) is 0 Å². The van der Waals surface area contributed by atoms with Crippen LogP contribution in [0.25, 0.3) is 0 Å². The fraction of sp³-hybridized carbons (Fsp3) is 1.00. The molecule has 0 fully saturated rings. The van der Waals surface area contributed by atoms with E-state index in [1.165, 1.54) is 0 Å². The summed E-state index contributed by atoms with van der Waals surface area (Å²) < 4.78 is 0. The van der Waals surface area contributed by atoms with Gasteiger partial charge >= 0.3 is 0 Å². The minimum absolute atomic E-state index is 0.121. The minimum atomic E-state index is -0.720. The van der Waals surface area contributed by atoms with E-state index in [-0.39, 0.29) is 16.9 Å². The summed E-state index contributed by atoms with van der Waals surface area (Å²) in [5.41, 5.74) is -0.843. The summed E-state index contributed by atoms with van der Waals surface area (Å²) in [6, 6.07) is 0. The standard InChI is InChI=1S/C13H28O2/c1-11(2,3)8-10(14)12(4,5)9-13(6,7)15/h10,14-15H,8-9H2,1-7H3. The minimum Gasteiger partial charge on any atom is -0.393 e. The molecule has 0 radical (unpaired) electrons. The lowest BCUT2D eigenvalue weighted by atomic mass is 9.72. The van der Waals surface area contributed by atoms with Gasteiger partial charge in [0.15, 0.2) is 0 Å². The smallest absolute Gasteiger partial charge is 0.0597 e. The Hall–Kier alpha value is -0.0800. The maximum atomic E-state index is 10.2. The van der Waals surface area contributed by atoms with Gasteiger partial charge in [-0.1, -0.05) is 34.6 Å². The molecule has 0 bridgehead atoms. The molecule has 0 aromatic rings. The third-order valence-electron chi connectivity index (χ3n) is 2.60. The van der Waals surface area contributed by atoms with E-state index in [0.29, 0.717) is 6.42 Å². The summed E-state index contributed by atoms with van der Waals surface area (Å²) in [7, 11) is 0. The summed E-state index contributed by atoms with van der Waals surface area (Å²) in [5.74, 6) is 0. The zero-order valence-corrected chi connectivity index (χ0v) is 11.4.